The van der Waals surface area contributed by atoms with E-state index in [0.29, 0.717) is 5.69 Å². The average Bonchev–Trinajstić information content (AvgIpc) is 3.04. The van der Waals surface area contributed by atoms with Crippen LogP contribution in [0.3, 0.4) is 0 Å². The van der Waals surface area contributed by atoms with E-state index in [9.17, 15) is 22.8 Å². The number of anilines is 1. The predicted octanol–water partition coefficient (Wildman–Crippen LogP) is 2.44. The number of halogens is 3. The molecule has 12 heteroatoms. The Bertz CT molecular complexity index is 1060. The molecule has 0 aliphatic carbocycles. The van der Waals surface area contributed by atoms with Gasteiger partial charge in [0.2, 0.25) is 0 Å². The number of hydrogen-bond donors (Lipinski definition) is 1. The summed E-state index contributed by atoms with van der Waals surface area (Å²) in [7, 11) is 0. The molecule has 1 amide bonds. The fraction of sp³-hybridized carbons (Fsp3) is 0.235. The number of ether oxygens (including phenoxy) is 2. The molecule has 1 N–H and O–H groups in total. The number of amides is 1. The third-order valence-electron chi connectivity index (χ3n) is 3.51. The van der Waals surface area contributed by atoms with Crippen molar-refractivity contribution in [1.29, 1.82) is 0 Å². The van der Waals surface area contributed by atoms with E-state index < -0.39 is 30.6 Å². The number of hydrogen-bond acceptors (Lipinski definition) is 7. The van der Waals surface area contributed by atoms with Crippen LogP contribution in [0.1, 0.15) is 22.0 Å². The van der Waals surface area contributed by atoms with Gasteiger partial charge in [0.25, 0.3) is 17.5 Å². The molecule has 2 heterocycles. The molecule has 0 fully saturated rings. The molecule has 2 aromatic heterocycles. The standard InChI is InChI=1S/C17H14F3N5O4/c1-9-7-10(2)25-16(21-9)23-14(24-25)15(27)28-8-13(26)22-11-3-5-12(6-4-11)29-17(18,19)20/h3-7H,8H2,1-2H3,(H,22,26). The molecule has 0 aliphatic heterocycles. The maximum absolute atomic E-state index is 12.1. The number of aryl methyl sites for hydroxylation is 2. The molecule has 0 saturated heterocycles. The molecule has 0 saturated carbocycles. The third-order valence-corrected chi connectivity index (χ3v) is 3.51. The van der Waals surface area contributed by atoms with Gasteiger partial charge in [-0.25, -0.2) is 14.3 Å². The van der Waals surface area contributed by atoms with E-state index in [1.807, 2.05) is 0 Å². The van der Waals surface area contributed by atoms with E-state index in [1.165, 1.54) is 16.6 Å². The zero-order valence-electron chi connectivity index (χ0n) is 15.1. The molecule has 0 atom stereocenters. The first-order valence-electron chi connectivity index (χ1n) is 8.14. The van der Waals surface area contributed by atoms with Crippen LogP contribution in [0.25, 0.3) is 5.78 Å². The summed E-state index contributed by atoms with van der Waals surface area (Å²) in [6.07, 6.45) is -4.81. The van der Waals surface area contributed by atoms with Crippen LogP contribution >= 0.6 is 0 Å². The predicted molar refractivity (Wildman–Crippen MR) is 92.3 cm³/mol. The molecule has 29 heavy (non-hydrogen) atoms. The number of esters is 1. The average molecular weight is 409 g/mol. The van der Waals surface area contributed by atoms with Crippen molar-refractivity contribution in [1.82, 2.24) is 19.6 Å². The normalized spacial score (nSPS) is 11.3. The fourth-order valence-corrected chi connectivity index (χ4v) is 2.39. The zero-order chi connectivity index (χ0) is 21.2. The van der Waals surface area contributed by atoms with Crippen molar-refractivity contribution >= 4 is 23.3 Å². The number of nitrogens with zero attached hydrogens (tertiary/aromatic N) is 4. The van der Waals surface area contributed by atoms with Crippen LogP contribution in [0.5, 0.6) is 5.75 Å². The van der Waals surface area contributed by atoms with Gasteiger partial charge < -0.3 is 14.8 Å². The molecule has 0 bridgehead atoms. The lowest BCUT2D eigenvalue weighted by Gasteiger charge is -2.10. The first-order chi connectivity index (χ1) is 13.6. The maximum atomic E-state index is 12.1. The molecule has 9 nitrogen and oxygen atoms in total. The number of fused-ring (bicyclic) bond motifs is 1. The van der Waals surface area contributed by atoms with E-state index in [0.717, 1.165) is 17.8 Å². The summed E-state index contributed by atoms with van der Waals surface area (Å²) in [6, 6.07) is 6.25. The summed E-state index contributed by atoms with van der Waals surface area (Å²) >= 11 is 0. The number of rotatable bonds is 5. The number of carbonyl (C=O) groups is 2. The van der Waals surface area contributed by atoms with E-state index in [2.05, 4.69) is 25.1 Å². The highest BCUT2D eigenvalue weighted by Gasteiger charge is 2.31. The second-order valence-electron chi connectivity index (χ2n) is 5.88. The summed E-state index contributed by atoms with van der Waals surface area (Å²) in [5.74, 6) is -2.08. The molecule has 1 aromatic carbocycles. The van der Waals surface area contributed by atoms with Crippen LogP contribution in [0.15, 0.2) is 30.3 Å². The van der Waals surface area contributed by atoms with Crippen molar-refractivity contribution < 1.29 is 32.2 Å². The molecular formula is C17H14F3N5O4. The van der Waals surface area contributed by atoms with Crippen LogP contribution in [-0.2, 0) is 9.53 Å². The Balaban J connectivity index is 1.56. The lowest BCUT2D eigenvalue weighted by atomic mass is 10.3. The summed E-state index contributed by atoms with van der Waals surface area (Å²) < 4.78 is 46.3. The highest BCUT2D eigenvalue weighted by molar-refractivity contribution is 5.94. The highest BCUT2D eigenvalue weighted by atomic mass is 19.4. The molecular weight excluding hydrogens is 395 g/mol. The topological polar surface area (TPSA) is 108 Å². The quantitative estimate of drug-likeness (QED) is 0.645. The van der Waals surface area contributed by atoms with Crippen LogP contribution in [0.2, 0.25) is 0 Å². The van der Waals surface area contributed by atoms with Crippen molar-refractivity contribution in [2.24, 2.45) is 0 Å². The minimum atomic E-state index is -4.81. The fourth-order valence-electron chi connectivity index (χ4n) is 2.39. The Morgan fingerprint density at radius 1 is 1.14 bits per heavy atom. The minimum absolute atomic E-state index is 0.196. The first-order valence-corrected chi connectivity index (χ1v) is 8.14. The van der Waals surface area contributed by atoms with Crippen molar-refractivity contribution in [3.63, 3.8) is 0 Å². The third kappa shape index (κ3) is 5.18. The number of benzene rings is 1. The first kappa shape index (κ1) is 20.0. The van der Waals surface area contributed by atoms with Crippen LogP contribution < -0.4 is 10.1 Å². The van der Waals surface area contributed by atoms with Gasteiger partial charge in [0.15, 0.2) is 6.61 Å². The Kier molecular flexibility index (Phi) is 5.35. The number of carbonyl (C=O) groups excluding carboxylic acids is 2. The monoisotopic (exact) mass is 409 g/mol. The molecule has 3 aromatic rings. The van der Waals surface area contributed by atoms with Crippen molar-refractivity contribution in [3.05, 3.63) is 47.5 Å². The van der Waals surface area contributed by atoms with Gasteiger partial charge in [-0.3, -0.25) is 4.79 Å². The van der Waals surface area contributed by atoms with Gasteiger partial charge in [-0.05, 0) is 44.2 Å². The second-order valence-corrected chi connectivity index (χ2v) is 5.88. The van der Waals surface area contributed by atoms with Gasteiger partial charge in [0.05, 0.1) is 0 Å². The van der Waals surface area contributed by atoms with Gasteiger partial charge in [-0.1, -0.05) is 0 Å². The van der Waals surface area contributed by atoms with Crippen LogP contribution in [0, 0.1) is 13.8 Å². The Morgan fingerprint density at radius 3 is 2.48 bits per heavy atom. The number of nitrogens with one attached hydrogen (secondary N) is 1. The molecule has 0 radical (unpaired) electrons. The van der Waals surface area contributed by atoms with E-state index >= 15 is 0 Å². The number of alkyl halides is 3. The lowest BCUT2D eigenvalue weighted by molar-refractivity contribution is -0.274. The van der Waals surface area contributed by atoms with Crippen molar-refractivity contribution in [2.75, 3.05) is 11.9 Å². The summed E-state index contributed by atoms with van der Waals surface area (Å²) in [6.45, 7) is 2.90. The van der Waals surface area contributed by atoms with Gasteiger partial charge in [0, 0.05) is 17.1 Å². The van der Waals surface area contributed by atoms with E-state index in [1.54, 1.807) is 19.9 Å². The van der Waals surface area contributed by atoms with E-state index in [-0.39, 0.29) is 17.3 Å². The summed E-state index contributed by atoms with van der Waals surface area (Å²) in [5, 5.41) is 6.36. The lowest BCUT2D eigenvalue weighted by Crippen LogP contribution is -2.21. The second kappa shape index (κ2) is 7.73. The molecule has 3 rings (SSSR count). The van der Waals surface area contributed by atoms with E-state index in [4.69, 9.17) is 4.74 Å². The Morgan fingerprint density at radius 2 is 1.83 bits per heavy atom. The number of aromatic nitrogens is 4. The van der Waals surface area contributed by atoms with Crippen molar-refractivity contribution in [2.45, 2.75) is 20.2 Å². The van der Waals surface area contributed by atoms with Gasteiger partial charge in [-0.15, -0.1) is 18.3 Å². The minimum Gasteiger partial charge on any atom is -0.450 e. The van der Waals surface area contributed by atoms with Gasteiger partial charge >= 0.3 is 12.3 Å². The molecule has 0 unspecified atom stereocenters. The smallest absolute Gasteiger partial charge is 0.450 e. The highest BCUT2D eigenvalue weighted by Crippen LogP contribution is 2.23. The summed E-state index contributed by atoms with van der Waals surface area (Å²) in [4.78, 5) is 32.0. The van der Waals surface area contributed by atoms with Gasteiger partial charge in [-0.2, -0.15) is 4.98 Å². The molecule has 152 valence electrons. The largest absolute Gasteiger partial charge is 0.573 e. The van der Waals surface area contributed by atoms with Crippen LogP contribution in [-0.4, -0.2) is 44.4 Å². The summed E-state index contributed by atoms with van der Waals surface area (Å²) in [5.41, 5.74) is 1.62. The molecule has 0 aliphatic rings. The zero-order valence-corrected chi connectivity index (χ0v) is 15.1. The van der Waals surface area contributed by atoms with Gasteiger partial charge in [0.1, 0.15) is 5.75 Å². The maximum Gasteiger partial charge on any atom is 0.573 e. The SMILES string of the molecule is Cc1cc(C)n2nc(C(=O)OCC(=O)Nc3ccc(OC(F)(F)F)cc3)nc2n1. The Labute approximate surface area is 161 Å². The van der Waals surface area contributed by atoms with Crippen molar-refractivity contribution in [3.8, 4) is 5.75 Å². The van der Waals surface area contributed by atoms with Crippen LogP contribution in [0.4, 0.5) is 18.9 Å². The Hall–Kier alpha value is -3.70. The molecule has 0 spiro atoms.